The molecule has 0 saturated carbocycles. The molecule has 0 radical (unpaired) electrons. The molecule has 0 saturated heterocycles. The number of carbonyl (C=O) groups is 2. The maximum absolute atomic E-state index is 12.4. The monoisotopic (exact) mass is 972 g/mol. The Balaban J connectivity index is 3.30. The largest absolute Gasteiger partial charge is 0.466 e. The molecule has 69 heavy (non-hydrogen) atoms. The van der Waals surface area contributed by atoms with Gasteiger partial charge in [0, 0.05) is 12.8 Å². The lowest BCUT2D eigenvalue weighted by atomic mass is 10.0. The number of ether oxygens (including phenoxy) is 1. The van der Waals surface area contributed by atoms with Crippen molar-refractivity contribution in [1.29, 1.82) is 0 Å². The van der Waals surface area contributed by atoms with Crippen molar-refractivity contribution in [2.24, 2.45) is 0 Å². The molecule has 1 amide bonds. The van der Waals surface area contributed by atoms with Gasteiger partial charge in [-0.3, -0.25) is 9.59 Å². The molecule has 0 bridgehead atoms. The molecule has 0 aromatic heterocycles. The zero-order valence-electron chi connectivity index (χ0n) is 46.6. The van der Waals surface area contributed by atoms with Crippen LogP contribution in [0.25, 0.3) is 0 Å². The Labute approximate surface area is 431 Å². The summed E-state index contributed by atoms with van der Waals surface area (Å²) in [6, 6.07) is -0.621. The SMILES string of the molecule is CCCC/C=C\CCCCCCCC(=O)OCCCCCCCCCCCCCCCCCCCCCCCCCCCCCCCCCCC(=O)NC(CO)C(O)/C=C/CCCCCCCCC. The van der Waals surface area contributed by atoms with Gasteiger partial charge in [0.25, 0.3) is 0 Å². The quantitative estimate of drug-likeness (QED) is 0.0321. The van der Waals surface area contributed by atoms with Crippen LogP contribution in [-0.4, -0.2) is 47.4 Å². The van der Waals surface area contributed by atoms with E-state index in [9.17, 15) is 19.8 Å². The Morgan fingerprint density at radius 2 is 0.696 bits per heavy atom. The summed E-state index contributed by atoms with van der Waals surface area (Å²) in [5.41, 5.74) is 0. The van der Waals surface area contributed by atoms with Gasteiger partial charge in [-0.2, -0.15) is 0 Å². The Morgan fingerprint density at radius 1 is 0.391 bits per heavy atom. The minimum atomic E-state index is -0.838. The summed E-state index contributed by atoms with van der Waals surface area (Å²) in [7, 11) is 0. The first-order valence-electron chi connectivity index (χ1n) is 31.1. The highest BCUT2D eigenvalue weighted by Crippen LogP contribution is 2.18. The number of amides is 1. The molecule has 6 nitrogen and oxygen atoms in total. The van der Waals surface area contributed by atoms with Crippen LogP contribution in [0.4, 0.5) is 0 Å². The third-order valence-corrected chi connectivity index (χ3v) is 14.5. The normalized spacial score (nSPS) is 12.7. The van der Waals surface area contributed by atoms with E-state index in [0.29, 0.717) is 19.4 Å². The highest BCUT2D eigenvalue weighted by molar-refractivity contribution is 5.76. The Bertz CT molecular complexity index is 1080. The third kappa shape index (κ3) is 55.5. The van der Waals surface area contributed by atoms with Crippen LogP contribution in [0, 0.1) is 0 Å². The van der Waals surface area contributed by atoms with Crippen molar-refractivity contribution in [2.45, 2.75) is 353 Å². The molecule has 6 heteroatoms. The first-order chi connectivity index (χ1) is 34.0. The molecular formula is C63H121NO5. The number of hydrogen-bond acceptors (Lipinski definition) is 5. The van der Waals surface area contributed by atoms with Crippen molar-refractivity contribution in [3.05, 3.63) is 24.3 Å². The van der Waals surface area contributed by atoms with Gasteiger partial charge in [-0.25, -0.2) is 0 Å². The van der Waals surface area contributed by atoms with Crippen LogP contribution in [0.2, 0.25) is 0 Å². The highest BCUT2D eigenvalue weighted by Gasteiger charge is 2.18. The predicted octanol–water partition coefficient (Wildman–Crippen LogP) is 19.4. The summed E-state index contributed by atoms with van der Waals surface area (Å²) in [5.74, 6) is -0.0555. The van der Waals surface area contributed by atoms with Crippen molar-refractivity contribution in [3.63, 3.8) is 0 Å². The van der Waals surface area contributed by atoms with E-state index in [0.717, 1.165) is 44.9 Å². The number of carbonyl (C=O) groups excluding carboxylic acids is 2. The lowest BCUT2D eigenvalue weighted by Gasteiger charge is -2.20. The number of allylic oxidation sites excluding steroid dienone is 3. The minimum Gasteiger partial charge on any atom is -0.466 e. The van der Waals surface area contributed by atoms with Gasteiger partial charge in [0.1, 0.15) is 0 Å². The molecule has 0 aliphatic heterocycles. The summed E-state index contributed by atoms with van der Waals surface area (Å²) in [4.78, 5) is 24.4. The maximum atomic E-state index is 12.4. The number of aliphatic hydroxyl groups excluding tert-OH is 2. The number of esters is 1. The van der Waals surface area contributed by atoms with Crippen LogP contribution in [-0.2, 0) is 14.3 Å². The van der Waals surface area contributed by atoms with E-state index in [4.69, 9.17) is 4.74 Å². The van der Waals surface area contributed by atoms with Crippen molar-refractivity contribution in [3.8, 4) is 0 Å². The van der Waals surface area contributed by atoms with Crippen LogP contribution >= 0.6 is 0 Å². The van der Waals surface area contributed by atoms with E-state index in [1.165, 1.54) is 270 Å². The third-order valence-electron chi connectivity index (χ3n) is 14.5. The number of aliphatic hydroxyl groups is 2. The second-order valence-electron chi connectivity index (χ2n) is 21.4. The van der Waals surface area contributed by atoms with Crippen LogP contribution in [0.1, 0.15) is 341 Å². The molecule has 3 N–H and O–H groups in total. The van der Waals surface area contributed by atoms with E-state index in [-0.39, 0.29) is 18.5 Å². The number of unbranched alkanes of at least 4 members (excludes halogenated alkanes) is 45. The predicted molar refractivity (Wildman–Crippen MR) is 301 cm³/mol. The molecule has 0 aliphatic rings. The van der Waals surface area contributed by atoms with Gasteiger partial charge < -0.3 is 20.3 Å². The summed E-state index contributed by atoms with van der Waals surface area (Å²) >= 11 is 0. The average molecular weight is 973 g/mol. The van der Waals surface area contributed by atoms with E-state index in [1.807, 2.05) is 6.08 Å². The summed E-state index contributed by atoms with van der Waals surface area (Å²) in [6.07, 6.45) is 72.5. The minimum absolute atomic E-state index is 0.00974. The second kappa shape index (κ2) is 58.9. The Morgan fingerprint density at radius 3 is 1.07 bits per heavy atom. The van der Waals surface area contributed by atoms with E-state index >= 15 is 0 Å². The lowest BCUT2D eigenvalue weighted by Crippen LogP contribution is -2.45. The molecule has 0 aromatic carbocycles. The smallest absolute Gasteiger partial charge is 0.305 e. The number of rotatable bonds is 58. The first kappa shape index (κ1) is 67.3. The van der Waals surface area contributed by atoms with Gasteiger partial charge in [-0.1, -0.05) is 301 Å². The maximum Gasteiger partial charge on any atom is 0.305 e. The van der Waals surface area contributed by atoms with E-state index in [2.05, 4.69) is 31.3 Å². The number of hydrogen-bond donors (Lipinski definition) is 3. The van der Waals surface area contributed by atoms with E-state index < -0.39 is 12.1 Å². The fourth-order valence-electron chi connectivity index (χ4n) is 9.68. The van der Waals surface area contributed by atoms with Gasteiger partial charge in [0.05, 0.1) is 25.4 Å². The van der Waals surface area contributed by atoms with Crippen LogP contribution in [0.3, 0.4) is 0 Å². The molecular weight excluding hydrogens is 851 g/mol. The highest BCUT2D eigenvalue weighted by atomic mass is 16.5. The summed E-state index contributed by atoms with van der Waals surface area (Å²) in [5, 5.41) is 23.0. The first-order valence-corrected chi connectivity index (χ1v) is 31.1. The van der Waals surface area contributed by atoms with Crippen molar-refractivity contribution in [2.75, 3.05) is 13.2 Å². The zero-order valence-corrected chi connectivity index (χ0v) is 46.6. The number of nitrogens with one attached hydrogen (secondary N) is 1. The molecule has 0 aliphatic carbocycles. The molecule has 2 unspecified atom stereocenters. The van der Waals surface area contributed by atoms with Gasteiger partial charge in [0.15, 0.2) is 0 Å². The second-order valence-corrected chi connectivity index (χ2v) is 21.4. The molecule has 0 aromatic rings. The van der Waals surface area contributed by atoms with Crippen molar-refractivity contribution < 1.29 is 24.5 Å². The van der Waals surface area contributed by atoms with Crippen LogP contribution in [0.5, 0.6) is 0 Å². The standard InChI is InChI=1S/C63H121NO5/c1-3-5-7-9-11-13-36-41-45-49-53-57-63(68)69-58-54-50-46-42-38-35-33-31-29-27-25-23-21-19-17-15-14-16-18-20-22-24-26-28-30-32-34-37-40-44-48-52-56-62(67)64-60(59-65)61(66)55-51-47-43-39-12-10-8-6-4-2/h9,11,51,55,60-61,65-66H,3-8,10,12-50,52-54,56-59H2,1-2H3,(H,64,67)/b11-9-,55-51+. The summed E-state index contributed by atoms with van der Waals surface area (Å²) < 4.78 is 5.46. The Hall–Kier alpha value is -1.66. The van der Waals surface area contributed by atoms with Gasteiger partial charge >= 0.3 is 5.97 Å². The summed E-state index contributed by atoms with van der Waals surface area (Å²) in [6.45, 7) is 4.85. The van der Waals surface area contributed by atoms with Crippen LogP contribution in [0.15, 0.2) is 24.3 Å². The fraction of sp³-hybridized carbons (Fsp3) is 0.905. The lowest BCUT2D eigenvalue weighted by molar-refractivity contribution is -0.143. The van der Waals surface area contributed by atoms with E-state index in [1.54, 1.807) is 6.08 Å². The van der Waals surface area contributed by atoms with Gasteiger partial charge in [-0.15, -0.1) is 0 Å². The van der Waals surface area contributed by atoms with Crippen molar-refractivity contribution >= 4 is 11.9 Å². The Kier molecular flexibility index (Phi) is 57.5. The molecule has 2 atom stereocenters. The van der Waals surface area contributed by atoms with Gasteiger partial charge in [0.2, 0.25) is 5.91 Å². The fourth-order valence-corrected chi connectivity index (χ4v) is 9.68. The van der Waals surface area contributed by atoms with Gasteiger partial charge in [-0.05, 0) is 51.4 Å². The molecule has 0 rings (SSSR count). The molecule has 0 spiro atoms. The van der Waals surface area contributed by atoms with Crippen molar-refractivity contribution in [1.82, 2.24) is 5.32 Å². The average Bonchev–Trinajstić information content (AvgIpc) is 3.35. The topological polar surface area (TPSA) is 95.9 Å². The molecule has 0 fully saturated rings. The zero-order chi connectivity index (χ0) is 50.0. The molecule has 408 valence electrons. The molecule has 0 heterocycles. The van der Waals surface area contributed by atoms with Crippen LogP contribution < -0.4 is 5.32 Å².